The van der Waals surface area contributed by atoms with Gasteiger partial charge < -0.3 is 5.32 Å². The number of hydrogen-bond acceptors (Lipinski definition) is 6. The second-order valence-corrected chi connectivity index (χ2v) is 5.74. The number of rotatable bonds is 3. The van der Waals surface area contributed by atoms with Gasteiger partial charge in [-0.2, -0.15) is 0 Å². The summed E-state index contributed by atoms with van der Waals surface area (Å²) in [6, 6.07) is 4.46. The summed E-state index contributed by atoms with van der Waals surface area (Å²) in [5.41, 5.74) is 1.53. The number of thiazole rings is 1. The number of anilines is 1. The van der Waals surface area contributed by atoms with E-state index >= 15 is 0 Å². The Labute approximate surface area is 124 Å². The molecule has 1 aromatic heterocycles. The van der Waals surface area contributed by atoms with Crippen LogP contribution in [-0.4, -0.2) is 15.8 Å². The van der Waals surface area contributed by atoms with Gasteiger partial charge >= 0.3 is 0 Å². The fourth-order valence-electron chi connectivity index (χ4n) is 2.24. The highest BCUT2D eigenvalue weighted by Gasteiger charge is 2.21. The Bertz CT molecular complexity index is 720. The molecule has 0 saturated heterocycles. The van der Waals surface area contributed by atoms with E-state index in [9.17, 15) is 14.9 Å². The maximum absolute atomic E-state index is 12.3. The van der Waals surface area contributed by atoms with Crippen LogP contribution in [0.25, 0.3) is 0 Å². The Morgan fingerprint density at radius 1 is 1.48 bits per heavy atom. The third kappa shape index (κ3) is 2.50. The standard InChI is InChI=1S/C13H12N4O3S/c1-7-8(3-2-4-10(7)17(19)20)12(18)16-13-15-9-5-14-6-11(9)21-13/h2-4,14H,5-6H2,1H3,(H,15,16,18). The molecule has 1 aromatic carbocycles. The van der Waals surface area contributed by atoms with Crippen LogP contribution in [0.15, 0.2) is 18.2 Å². The van der Waals surface area contributed by atoms with Gasteiger partial charge in [0.25, 0.3) is 11.6 Å². The van der Waals surface area contributed by atoms with Crippen LogP contribution in [0.3, 0.4) is 0 Å². The van der Waals surface area contributed by atoms with Crippen LogP contribution < -0.4 is 10.6 Å². The lowest BCUT2D eigenvalue weighted by atomic mass is 10.1. The molecular weight excluding hydrogens is 292 g/mol. The molecule has 0 bridgehead atoms. The van der Waals surface area contributed by atoms with Crippen molar-refractivity contribution in [3.05, 3.63) is 50.0 Å². The Hall–Kier alpha value is -2.32. The van der Waals surface area contributed by atoms with Gasteiger partial charge in [0.1, 0.15) is 0 Å². The molecule has 2 heterocycles. The summed E-state index contributed by atoms with van der Waals surface area (Å²) in [5.74, 6) is -0.378. The normalized spacial score (nSPS) is 13.0. The molecule has 2 N–H and O–H groups in total. The van der Waals surface area contributed by atoms with E-state index in [0.717, 1.165) is 17.1 Å². The molecule has 0 fully saturated rings. The second-order valence-electron chi connectivity index (χ2n) is 4.65. The molecule has 0 radical (unpaired) electrons. The zero-order valence-corrected chi connectivity index (χ0v) is 12.0. The topological polar surface area (TPSA) is 97.2 Å². The summed E-state index contributed by atoms with van der Waals surface area (Å²) in [4.78, 5) is 28.1. The van der Waals surface area contributed by atoms with Crippen molar-refractivity contribution in [1.29, 1.82) is 0 Å². The summed E-state index contributed by atoms with van der Waals surface area (Å²) < 4.78 is 0. The highest BCUT2D eigenvalue weighted by molar-refractivity contribution is 7.15. The van der Waals surface area contributed by atoms with Crippen LogP contribution in [0.4, 0.5) is 10.8 Å². The van der Waals surface area contributed by atoms with Crippen LogP contribution in [-0.2, 0) is 13.1 Å². The number of hydrogen-bond donors (Lipinski definition) is 2. The molecule has 108 valence electrons. The molecule has 1 aliphatic heterocycles. The van der Waals surface area contributed by atoms with Gasteiger partial charge in [0.05, 0.1) is 10.6 Å². The first-order valence-electron chi connectivity index (χ1n) is 6.31. The monoisotopic (exact) mass is 304 g/mol. The summed E-state index contributed by atoms with van der Waals surface area (Å²) in [6.45, 7) is 3.04. The van der Waals surface area contributed by atoms with Crippen molar-refractivity contribution >= 4 is 28.1 Å². The number of nitro groups is 1. The van der Waals surface area contributed by atoms with Crippen molar-refractivity contribution in [1.82, 2.24) is 10.3 Å². The number of amides is 1. The quantitative estimate of drug-likeness (QED) is 0.669. The molecule has 1 amide bonds. The van der Waals surface area contributed by atoms with Crippen LogP contribution in [0.2, 0.25) is 0 Å². The number of aromatic nitrogens is 1. The first-order valence-corrected chi connectivity index (χ1v) is 7.12. The second kappa shape index (κ2) is 5.23. The first kappa shape index (κ1) is 13.7. The van der Waals surface area contributed by atoms with Crippen molar-refractivity contribution in [2.75, 3.05) is 5.32 Å². The van der Waals surface area contributed by atoms with Gasteiger partial charge in [0, 0.05) is 35.2 Å². The molecule has 3 rings (SSSR count). The van der Waals surface area contributed by atoms with E-state index in [1.165, 1.54) is 23.5 Å². The number of nitrogens with zero attached hydrogens (tertiary/aromatic N) is 2. The predicted molar refractivity (Wildman–Crippen MR) is 78.4 cm³/mol. The summed E-state index contributed by atoms with van der Waals surface area (Å²) in [6.07, 6.45) is 0. The predicted octanol–water partition coefficient (Wildman–Crippen LogP) is 2.22. The maximum atomic E-state index is 12.3. The van der Waals surface area contributed by atoms with E-state index in [2.05, 4.69) is 15.6 Å². The van der Waals surface area contributed by atoms with E-state index in [1.54, 1.807) is 13.0 Å². The molecule has 21 heavy (non-hydrogen) atoms. The number of nitro benzene ring substituents is 1. The third-order valence-electron chi connectivity index (χ3n) is 3.32. The van der Waals surface area contributed by atoms with Gasteiger partial charge in [-0.1, -0.05) is 6.07 Å². The van der Waals surface area contributed by atoms with E-state index in [-0.39, 0.29) is 17.2 Å². The SMILES string of the molecule is Cc1c(C(=O)Nc2nc3c(s2)CNC3)cccc1[N+](=O)[O-]. The molecule has 0 atom stereocenters. The van der Waals surface area contributed by atoms with Crippen molar-refractivity contribution in [3.8, 4) is 0 Å². The minimum absolute atomic E-state index is 0.0616. The fourth-order valence-corrected chi connectivity index (χ4v) is 3.18. The average molecular weight is 304 g/mol. The number of nitrogens with one attached hydrogen (secondary N) is 2. The van der Waals surface area contributed by atoms with Crippen molar-refractivity contribution in [3.63, 3.8) is 0 Å². The highest BCUT2D eigenvalue weighted by atomic mass is 32.1. The van der Waals surface area contributed by atoms with Gasteiger partial charge in [0.2, 0.25) is 0 Å². The number of carbonyl (C=O) groups excluding carboxylic acids is 1. The zero-order valence-electron chi connectivity index (χ0n) is 11.2. The molecule has 1 aliphatic rings. The molecule has 8 heteroatoms. The average Bonchev–Trinajstić information content (AvgIpc) is 2.99. The van der Waals surface area contributed by atoms with E-state index in [1.807, 2.05) is 0 Å². The van der Waals surface area contributed by atoms with Crippen LogP contribution in [0.1, 0.15) is 26.5 Å². The lowest BCUT2D eigenvalue weighted by Gasteiger charge is -2.05. The smallest absolute Gasteiger partial charge is 0.273 e. The Morgan fingerprint density at radius 3 is 3.00 bits per heavy atom. The Kier molecular flexibility index (Phi) is 3.40. The van der Waals surface area contributed by atoms with E-state index in [0.29, 0.717) is 17.2 Å². The van der Waals surface area contributed by atoms with Gasteiger partial charge in [0.15, 0.2) is 5.13 Å². The highest BCUT2D eigenvalue weighted by Crippen LogP contribution is 2.27. The number of fused-ring (bicyclic) bond motifs is 1. The van der Waals surface area contributed by atoms with Crippen molar-refractivity contribution < 1.29 is 9.72 Å². The molecule has 0 unspecified atom stereocenters. The largest absolute Gasteiger partial charge is 0.306 e. The minimum atomic E-state index is -0.490. The molecule has 0 aliphatic carbocycles. The molecular formula is C13H12N4O3S. The first-order chi connectivity index (χ1) is 10.1. The van der Waals surface area contributed by atoms with Gasteiger partial charge in [-0.25, -0.2) is 4.98 Å². The van der Waals surface area contributed by atoms with Gasteiger partial charge in [-0.05, 0) is 13.0 Å². The van der Waals surface area contributed by atoms with Gasteiger partial charge in [-0.3, -0.25) is 20.2 Å². The molecule has 2 aromatic rings. The maximum Gasteiger partial charge on any atom is 0.273 e. The molecule has 0 spiro atoms. The summed E-state index contributed by atoms with van der Waals surface area (Å²) >= 11 is 1.42. The molecule has 0 saturated carbocycles. The minimum Gasteiger partial charge on any atom is -0.306 e. The lowest BCUT2D eigenvalue weighted by Crippen LogP contribution is -2.14. The third-order valence-corrected chi connectivity index (χ3v) is 4.34. The number of benzene rings is 1. The zero-order chi connectivity index (χ0) is 15.0. The van der Waals surface area contributed by atoms with Crippen LogP contribution >= 0.6 is 11.3 Å². The van der Waals surface area contributed by atoms with Gasteiger partial charge in [-0.15, -0.1) is 11.3 Å². The summed E-state index contributed by atoms with van der Waals surface area (Å²) in [5, 5.41) is 17.3. The molecule has 7 nitrogen and oxygen atoms in total. The van der Waals surface area contributed by atoms with E-state index in [4.69, 9.17) is 0 Å². The number of carbonyl (C=O) groups is 1. The lowest BCUT2D eigenvalue weighted by molar-refractivity contribution is -0.385. The van der Waals surface area contributed by atoms with Crippen LogP contribution in [0.5, 0.6) is 0 Å². The summed E-state index contributed by atoms with van der Waals surface area (Å²) in [7, 11) is 0. The van der Waals surface area contributed by atoms with E-state index < -0.39 is 4.92 Å². The fraction of sp³-hybridized carbons (Fsp3) is 0.231. The van der Waals surface area contributed by atoms with Crippen molar-refractivity contribution in [2.45, 2.75) is 20.0 Å². The Balaban J connectivity index is 1.85. The van der Waals surface area contributed by atoms with Crippen LogP contribution in [0, 0.1) is 17.0 Å². The Morgan fingerprint density at radius 2 is 2.29 bits per heavy atom. The van der Waals surface area contributed by atoms with Crippen molar-refractivity contribution in [2.24, 2.45) is 0 Å².